The molecule has 0 amide bonds. The van der Waals surface area contributed by atoms with Gasteiger partial charge in [0, 0.05) is 0 Å². The number of hydrogen-bond donors (Lipinski definition) is 0. The minimum absolute atomic E-state index is 0.866. The summed E-state index contributed by atoms with van der Waals surface area (Å²) in [4.78, 5) is 4.96. The molecule has 2 aromatic heterocycles. The van der Waals surface area contributed by atoms with Crippen LogP contribution in [0.3, 0.4) is 0 Å². The standard InChI is InChI=1S/C12H9N2O.3C4H9.Sn/c1-15-9-6-7-14-11-5-3-2-4-10(11)13-12(14)8-9;3*1-3-4-2;/h3-8H,1H3;3*1,3-4H2,2H3;. The molecule has 0 saturated carbocycles. The Morgan fingerprint density at radius 1 is 0.893 bits per heavy atom. The predicted molar refractivity (Wildman–Crippen MR) is 124 cm³/mol. The SMILES string of the molecule is CCC[CH2][Sn]([CH2]CCC)([CH2]CCC)[c]1ccc2c(c1)nc1cc(OC)ccn12. The zero-order valence-electron chi connectivity index (χ0n) is 18.1. The van der Waals surface area contributed by atoms with Crippen molar-refractivity contribution < 1.29 is 4.74 Å². The summed E-state index contributed by atoms with van der Waals surface area (Å²) in [5.41, 5.74) is 3.34. The second kappa shape index (κ2) is 10.00. The van der Waals surface area contributed by atoms with Gasteiger partial charge in [0.2, 0.25) is 0 Å². The molecule has 0 bridgehead atoms. The van der Waals surface area contributed by atoms with Crippen LogP contribution in [0.2, 0.25) is 13.3 Å². The van der Waals surface area contributed by atoms with Crippen molar-refractivity contribution in [3.05, 3.63) is 36.5 Å². The number of methoxy groups -OCH3 is 1. The van der Waals surface area contributed by atoms with Crippen LogP contribution < -0.4 is 8.32 Å². The first-order valence-corrected chi connectivity index (χ1v) is 18.6. The van der Waals surface area contributed by atoms with E-state index in [1.54, 1.807) is 10.7 Å². The Bertz CT molecular complexity index is 880. The van der Waals surface area contributed by atoms with Crippen LogP contribution in [0.1, 0.15) is 59.3 Å². The van der Waals surface area contributed by atoms with E-state index in [9.17, 15) is 0 Å². The molecule has 0 radical (unpaired) electrons. The van der Waals surface area contributed by atoms with Gasteiger partial charge in [-0.2, -0.15) is 0 Å². The molecule has 1 aromatic carbocycles. The molecule has 0 spiro atoms. The predicted octanol–water partition coefficient (Wildman–Crippen LogP) is 6.55. The number of imidazole rings is 1. The monoisotopic (exact) mass is 488 g/mol. The van der Waals surface area contributed by atoms with E-state index in [-0.39, 0.29) is 0 Å². The third-order valence-electron chi connectivity index (χ3n) is 6.25. The Balaban J connectivity index is 2.07. The van der Waals surface area contributed by atoms with E-state index >= 15 is 0 Å². The van der Waals surface area contributed by atoms with Crippen molar-refractivity contribution in [2.75, 3.05) is 7.11 Å². The number of fused-ring (bicyclic) bond motifs is 3. The maximum absolute atomic E-state index is 5.39. The summed E-state index contributed by atoms with van der Waals surface area (Å²) < 4.78 is 13.8. The molecule has 0 unspecified atom stereocenters. The van der Waals surface area contributed by atoms with Crippen LogP contribution in [0.15, 0.2) is 36.5 Å². The average Bonchev–Trinajstić information content (AvgIpc) is 3.10. The van der Waals surface area contributed by atoms with Crippen LogP contribution in [-0.4, -0.2) is 34.9 Å². The van der Waals surface area contributed by atoms with Crippen molar-refractivity contribution in [3.8, 4) is 5.75 Å². The van der Waals surface area contributed by atoms with E-state index in [2.05, 4.69) is 49.6 Å². The van der Waals surface area contributed by atoms with Gasteiger partial charge in [0.15, 0.2) is 0 Å². The second-order valence-corrected chi connectivity index (χ2v) is 21.4. The molecule has 0 N–H and O–H groups in total. The third kappa shape index (κ3) is 4.50. The molecule has 3 aromatic rings. The summed E-state index contributed by atoms with van der Waals surface area (Å²) in [6.45, 7) is 7.03. The Hall–Kier alpha value is -1.23. The van der Waals surface area contributed by atoms with Gasteiger partial charge in [-0.1, -0.05) is 0 Å². The first-order valence-electron chi connectivity index (χ1n) is 11.1. The van der Waals surface area contributed by atoms with Crippen LogP contribution in [0.5, 0.6) is 5.75 Å². The summed E-state index contributed by atoms with van der Waals surface area (Å²) in [6, 6.07) is 11.3. The Morgan fingerprint density at radius 2 is 1.54 bits per heavy atom. The van der Waals surface area contributed by atoms with Gasteiger partial charge in [0.25, 0.3) is 0 Å². The van der Waals surface area contributed by atoms with Crippen molar-refractivity contribution in [1.29, 1.82) is 0 Å². The number of hydrogen-bond acceptors (Lipinski definition) is 2. The molecule has 0 aliphatic heterocycles. The molecule has 0 aliphatic carbocycles. The van der Waals surface area contributed by atoms with Crippen LogP contribution in [-0.2, 0) is 0 Å². The average molecular weight is 487 g/mol. The fourth-order valence-corrected chi connectivity index (χ4v) is 20.5. The van der Waals surface area contributed by atoms with Gasteiger partial charge in [-0.25, -0.2) is 0 Å². The van der Waals surface area contributed by atoms with Gasteiger partial charge < -0.3 is 0 Å². The summed E-state index contributed by atoms with van der Waals surface area (Å²) >= 11 is -2.41. The zero-order chi connectivity index (χ0) is 20.0. The number of aromatic nitrogens is 2. The molecule has 28 heavy (non-hydrogen) atoms. The van der Waals surface area contributed by atoms with Crippen LogP contribution >= 0.6 is 0 Å². The maximum atomic E-state index is 5.39. The quantitative estimate of drug-likeness (QED) is 0.287. The number of rotatable bonds is 11. The van der Waals surface area contributed by atoms with E-state index in [0.717, 1.165) is 16.9 Å². The molecule has 0 aliphatic rings. The first kappa shape index (κ1) is 21.5. The number of benzene rings is 1. The molecular weight excluding hydrogens is 451 g/mol. The molecule has 3 nitrogen and oxygen atoms in total. The third-order valence-corrected chi connectivity index (χ3v) is 21.9. The van der Waals surface area contributed by atoms with Gasteiger partial charge in [0.1, 0.15) is 0 Å². The molecule has 3 rings (SSSR count). The fourth-order valence-electron chi connectivity index (χ4n) is 4.51. The van der Waals surface area contributed by atoms with E-state index in [1.807, 2.05) is 12.1 Å². The van der Waals surface area contributed by atoms with Crippen molar-refractivity contribution >= 4 is 38.6 Å². The Kier molecular flexibility index (Phi) is 7.67. The van der Waals surface area contributed by atoms with Gasteiger partial charge in [-0.05, 0) is 0 Å². The normalized spacial score (nSPS) is 12.1. The molecule has 2 heterocycles. The summed E-state index contributed by atoms with van der Waals surface area (Å²) in [5.74, 6) is 0.866. The number of pyridine rings is 1. The Labute approximate surface area is 174 Å². The zero-order valence-corrected chi connectivity index (χ0v) is 21.0. The van der Waals surface area contributed by atoms with Crippen molar-refractivity contribution in [2.45, 2.75) is 72.6 Å². The van der Waals surface area contributed by atoms with Gasteiger partial charge >= 0.3 is 175 Å². The fraction of sp³-hybridized carbons (Fsp3) is 0.542. The molecule has 0 fully saturated rings. The molecule has 4 heteroatoms. The van der Waals surface area contributed by atoms with Crippen LogP contribution in [0, 0.1) is 0 Å². The van der Waals surface area contributed by atoms with Crippen molar-refractivity contribution in [3.63, 3.8) is 0 Å². The molecule has 0 atom stereocenters. The summed E-state index contributed by atoms with van der Waals surface area (Å²) in [5, 5.41) is 0. The van der Waals surface area contributed by atoms with E-state index in [4.69, 9.17) is 9.72 Å². The number of ether oxygens (including phenoxy) is 1. The molecular formula is C24H36N2OSn. The van der Waals surface area contributed by atoms with E-state index in [1.165, 1.54) is 57.4 Å². The van der Waals surface area contributed by atoms with Crippen LogP contribution in [0.4, 0.5) is 0 Å². The van der Waals surface area contributed by atoms with Gasteiger partial charge in [-0.15, -0.1) is 0 Å². The van der Waals surface area contributed by atoms with E-state index < -0.39 is 18.4 Å². The van der Waals surface area contributed by atoms with Crippen LogP contribution in [0.25, 0.3) is 16.7 Å². The molecule has 152 valence electrons. The Morgan fingerprint density at radius 3 is 2.11 bits per heavy atom. The van der Waals surface area contributed by atoms with E-state index in [0.29, 0.717) is 0 Å². The second-order valence-electron chi connectivity index (χ2n) is 8.20. The summed E-state index contributed by atoms with van der Waals surface area (Å²) in [7, 11) is 1.71. The number of nitrogens with zero attached hydrogens (tertiary/aromatic N) is 2. The summed E-state index contributed by atoms with van der Waals surface area (Å²) in [6.07, 6.45) is 10.2. The van der Waals surface area contributed by atoms with Gasteiger partial charge in [0.05, 0.1) is 0 Å². The van der Waals surface area contributed by atoms with Crippen molar-refractivity contribution in [1.82, 2.24) is 9.38 Å². The first-order chi connectivity index (χ1) is 13.7. The van der Waals surface area contributed by atoms with Crippen molar-refractivity contribution in [2.24, 2.45) is 0 Å². The molecule has 0 saturated heterocycles. The minimum atomic E-state index is -2.41. The van der Waals surface area contributed by atoms with Gasteiger partial charge in [-0.3, -0.25) is 0 Å². The topological polar surface area (TPSA) is 26.5 Å². The number of unbranched alkanes of at least 4 members (excludes halogenated alkanes) is 3.